The van der Waals surface area contributed by atoms with E-state index in [0.29, 0.717) is 6.04 Å². The Bertz CT molecular complexity index is 331. The second kappa shape index (κ2) is 6.03. The highest BCUT2D eigenvalue weighted by molar-refractivity contribution is 5.28. The highest BCUT2D eigenvalue weighted by Crippen LogP contribution is 2.16. The Balaban J connectivity index is 2.07. The van der Waals surface area contributed by atoms with Gasteiger partial charge in [0.05, 0.1) is 19.7 Å². The van der Waals surface area contributed by atoms with Crippen LogP contribution >= 0.6 is 0 Å². The molecule has 0 aromatic heterocycles. The minimum absolute atomic E-state index is 0.563. The number of hydrogen-bond acceptors (Lipinski definition) is 1. The first kappa shape index (κ1) is 12.4. The van der Waals surface area contributed by atoms with Crippen LogP contribution in [0.1, 0.15) is 31.4 Å². The fourth-order valence-corrected chi connectivity index (χ4v) is 2.75. The van der Waals surface area contributed by atoms with Gasteiger partial charge in [0.2, 0.25) is 0 Å². The van der Waals surface area contributed by atoms with Gasteiger partial charge in [-0.2, -0.15) is 0 Å². The third-order valence-electron chi connectivity index (χ3n) is 3.62. The first-order valence-corrected chi connectivity index (χ1v) is 6.71. The van der Waals surface area contributed by atoms with Crippen LogP contribution in [0.15, 0.2) is 24.3 Å². The molecule has 1 atom stereocenters. The molecule has 1 aromatic rings. The van der Waals surface area contributed by atoms with Crippen molar-refractivity contribution in [2.24, 2.45) is 0 Å². The van der Waals surface area contributed by atoms with Gasteiger partial charge in [-0.15, -0.1) is 0 Å². The molecule has 94 valence electrons. The Labute approximate surface area is 104 Å². The fourth-order valence-electron chi connectivity index (χ4n) is 2.75. The first-order chi connectivity index (χ1) is 8.35. The van der Waals surface area contributed by atoms with Crippen molar-refractivity contribution in [3.8, 4) is 5.75 Å². The van der Waals surface area contributed by atoms with Gasteiger partial charge in [0.15, 0.2) is 6.04 Å². The topological polar surface area (TPSA) is 41.3 Å². The van der Waals surface area contributed by atoms with E-state index in [0.717, 1.165) is 18.9 Å². The fraction of sp³-hybridized carbons (Fsp3) is 0.571. The Morgan fingerprint density at radius 1 is 1.24 bits per heavy atom. The minimum atomic E-state index is 0.563. The molecular formula is C14H24N2O+2. The van der Waals surface area contributed by atoms with E-state index in [4.69, 9.17) is 4.74 Å². The van der Waals surface area contributed by atoms with Crippen LogP contribution in [-0.4, -0.2) is 26.2 Å². The molecule has 0 bridgehead atoms. The lowest BCUT2D eigenvalue weighted by molar-refractivity contribution is -0.926. The lowest BCUT2D eigenvalue weighted by Gasteiger charge is -2.22. The summed E-state index contributed by atoms with van der Waals surface area (Å²) in [5.74, 6) is 0.968. The minimum Gasteiger partial charge on any atom is -0.494 e. The van der Waals surface area contributed by atoms with Gasteiger partial charge in [-0.25, -0.2) is 0 Å². The summed E-state index contributed by atoms with van der Waals surface area (Å²) in [4.78, 5) is 1.70. The van der Waals surface area contributed by atoms with E-state index in [1.54, 1.807) is 4.90 Å². The summed E-state index contributed by atoms with van der Waals surface area (Å²) < 4.78 is 5.48. The van der Waals surface area contributed by atoms with Crippen LogP contribution < -0.4 is 15.4 Å². The second-order valence-electron chi connectivity index (χ2n) is 4.71. The maximum atomic E-state index is 5.48. The Kier molecular flexibility index (Phi) is 4.40. The van der Waals surface area contributed by atoms with Crippen molar-refractivity contribution in [1.82, 2.24) is 0 Å². The van der Waals surface area contributed by atoms with Crippen LogP contribution in [0, 0.1) is 0 Å². The molecule has 1 saturated heterocycles. The second-order valence-corrected chi connectivity index (χ2v) is 4.71. The smallest absolute Gasteiger partial charge is 0.162 e. The molecule has 4 N–H and O–H groups in total. The predicted octanol–water partition coefficient (Wildman–Crippen LogP) is 0.0470. The van der Waals surface area contributed by atoms with Crippen molar-refractivity contribution in [2.45, 2.75) is 25.8 Å². The molecule has 1 aromatic carbocycles. The number of benzene rings is 1. The summed E-state index contributed by atoms with van der Waals surface area (Å²) in [7, 11) is 0. The molecular weight excluding hydrogens is 212 g/mol. The van der Waals surface area contributed by atoms with E-state index in [2.05, 4.69) is 30.0 Å². The maximum Gasteiger partial charge on any atom is 0.162 e. The summed E-state index contributed by atoms with van der Waals surface area (Å²) in [6, 6.07) is 9.12. The van der Waals surface area contributed by atoms with Gasteiger partial charge >= 0.3 is 0 Å². The summed E-state index contributed by atoms with van der Waals surface area (Å²) in [6.45, 7) is 6.32. The van der Waals surface area contributed by atoms with Gasteiger partial charge < -0.3 is 15.4 Å². The lowest BCUT2D eigenvalue weighted by atomic mass is 10.1. The van der Waals surface area contributed by atoms with Crippen molar-refractivity contribution in [3.05, 3.63) is 29.8 Å². The van der Waals surface area contributed by atoms with Gasteiger partial charge in [0.1, 0.15) is 12.3 Å². The van der Waals surface area contributed by atoms with Crippen LogP contribution in [0.5, 0.6) is 5.75 Å². The Morgan fingerprint density at radius 2 is 1.88 bits per heavy atom. The molecule has 3 heteroatoms. The van der Waals surface area contributed by atoms with Crippen LogP contribution in [-0.2, 0) is 0 Å². The third-order valence-corrected chi connectivity index (χ3v) is 3.62. The van der Waals surface area contributed by atoms with E-state index < -0.39 is 0 Å². The van der Waals surface area contributed by atoms with Gasteiger partial charge in [-0.1, -0.05) is 0 Å². The van der Waals surface area contributed by atoms with Crippen molar-refractivity contribution in [1.29, 1.82) is 0 Å². The number of quaternary nitrogens is 2. The summed E-state index contributed by atoms with van der Waals surface area (Å²) >= 11 is 0. The van der Waals surface area contributed by atoms with Gasteiger partial charge in [-0.05, 0) is 31.2 Å². The van der Waals surface area contributed by atoms with Crippen molar-refractivity contribution >= 4 is 0 Å². The average molecular weight is 236 g/mol. The molecule has 0 amide bonds. The highest BCUT2D eigenvalue weighted by atomic mass is 16.5. The molecule has 1 heterocycles. The zero-order valence-corrected chi connectivity index (χ0v) is 10.7. The van der Waals surface area contributed by atoms with Crippen LogP contribution in [0.4, 0.5) is 0 Å². The molecule has 0 saturated carbocycles. The van der Waals surface area contributed by atoms with Crippen LogP contribution in [0.3, 0.4) is 0 Å². The Hall–Kier alpha value is -1.06. The molecule has 1 aliphatic heterocycles. The molecule has 2 rings (SSSR count). The highest BCUT2D eigenvalue weighted by Gasteiger charge is 2.27. The average Bonchev–Trinajstić information content (AvgIpc) is 2.86. The molecule has 0 radical (unpaired) electrons. The van der Waals surface area contributed by atoms with E-state index in [-0.39, 0.29) is 0 Å². The van der Waals surface area contributed by atoms with Crippen molar-refractivity contribution in [3.63, 3.8) is 0 Å². The van der Waals surface area contributed by atoms with Crippen molar-refractivity contribution < 1.29 is 15.4 Å². The quantitative estimate of drug-likeness (QED) is 0.745. The largest absolute Gasteiger partial charge is 0.494 e. The van der Waals surface area contributed by atoms with Crippen molar-refractivity contribution in [2.75, 3.05) is 26.2 Å². The summed E-state index contributed by atoms with van der Waals surface area (Å²) in [5, 5.41) is 0. The standard InChI is InChI=1S/C14H22N2O/c1-2-17-13-7-5-12(6-8-13)14(11-15)16-9-3-4-10-16/h5-8,14H,2-4,9-11,15H2,1H3/p+2/t14-/m0/s1. The van der Waals surface area contributed by atoms with Gasteiger partial charge in [-0.3, -0.25) is 0 Å². The van der Waals surface area contributed by atoms with Crippen LogP contribution in [0.2, 0.25) is 0 Å². The number of likely N-dealkylation sites (tertiary alicyclic amines) is 1. The summed E-state index contributed by atoms with van der Waals surface area (Å²) in [6.07, 6.45) is 2.73. The SMILES string of the molecule is CCOc1ccc([C@H](C[NH3+])[NH+]2CCCC2)cc1. The maximum absolute atomic E-state index is 5.48. The molecule has 1 aliphatic rings. The predicted molar refractivity (Wildman–Crippen MR) is 68.0 cm³/mol. The number of ether oxygens (including phenoxy) is 1. The number of rotatable bonds is 5. The monoisotopic (exact) mass is 236 g/mol. The molecule has 0 spiro atoms. The molecule has 0 aliphatic carbocycles. The molecule has 3 nitrogen and oxygen atoms in total. The van der Waals surface area contributed by atoms with Gasteiger partial charge in [0, 0.05) is 18.4 Å². The zero-order chi connectivity index (χ0) is 12.1. The van der Waals surface area contributed by atoms with E-state index in [1.165, 1.54) is 31.5 Å². The van der Waals surface area contributed by atoms with E-state index >= 15 is 0 Å². The van der Waals surface area contributed by atoms with Crippen LogP contribution in [0.25, 0.3) is 0 Å². The molecule has 17 heavy (non-hydrogen) atoms. The summed E-state index contributed by atoms with van der Waals surface area (Å²) in [5.41, 5.74) is 5.52. The van der Waals surface area contributed by atoms with E-state index in [9.17, 15) is 0 Å². The molecule has 1 fully saturated rings. The van der Waals surface area contributed by atoms with Gasteiger partial charge in [0.25, 0.3) is 0 Å². The third kappa shape index (κ3) is 2.99. The Morgan fingerprint density at radius 3 is 2.41 bits per heavy atom. The number of hydrogen-bond donors (Lipinski definition) is 2. The zero-order valence-electron chi connectivity index (χ0n) is 10.7. The normalized spacial score (nSPS) is 18.2. The lowest BCUT2D eigenvalue weighted by Crippen LogP contribution is -3.11. The van der Waals surface area contributed by atoms with E-state index in [1.807, 2.05) is 6.92 Å². The number of nitrogens with one attached hydrogen (secondary N) is 1. The molecule has 0 unspecified atom stereocenters. The first-order valence-electron chi connectivity index (χ1n) is 6.71.